The van der Waals surface area contributed by atoms with E-state index in [0.717, 1.165) is 18.4 Å². The van der Waals surface area contributed by atoms with E-state index >= 15 is 0 Å². The fraction of sp³-hybridized carbons (Fsp3) is 0.500. The fourth-order valence-corrected chi connectivity index (χ4v) is 2.96. The van der Waals surface area contributed by atoms with Crippen molar-refractivity contribution in [1.82, 2.24) is 10.2 Å². The Morgan fingerprint density at radius 3 is 2.59 bits per heavy atom. The van der Waals surface area contributed by atoms with Crippen molar-refractivity contribution in [2.45, 2.75) is 44.3 Å². The smallest absolute Gasteiger partial charge is 0.407 e. The van der Waals surface area contributed by atoms with Gasteiger partial charge in [-0.3, -0.25) is 4.79 Å². The van der Waals surface area contributed by atoms with Crippen LogP contribution in [0.3, 0.4) is 0 Å². The van der Waals surface area contributed by atoms with E-state index in [4.69, 9.17) is 16.3 Å². The molecule has 5 nitrogen and oxygen atoms in total. The van der Waals surface area contributed by atoms with E-state index in [1.807, 2.05) is 36.1 Å². The third-order valence-electron chi connectivity index (χ3n) is 4.19. The summed E-state index contributed by atoms with van der Waals surface area (Å²) in [5.41, 5.74) is 1.04. The Hall–Kier alpha value is -1.75. The van der Waals surface area contributed by atoms with E-state index < -0.39 is 12.1 Å². The van der Waals surface area contributed by atoms with Crippen LogP contribution in [0.4, 0.5) is 4.79 Å². The minimum atomic E-state index is -0.514. The molecule has 1 unspecified atom stereocenters. The maximum Gasteiger partial charge on any atom is 0.407 e. The lowest BCUT2D eigenvalue weighted by atomic mass is 10.0. The van der Waals surface area contributed by atoms with Gasteiger partial charge in [-0.05, 0) is 37.5 Å². The van der Waals surface area contributed by atoms with Crippen LogP contribution in [0.25, 0.3) is 0 Å². The molecule has 2 atom stereocenters. The lowest BCUT2D eigenvalue weighted by Gasteiger charge is -2.34. The Balaban J connectivity index is 1.78. The van der Waals surface area contributed by atoms with Gasteiger partial charge < -0.3 is 15.0 Å². The van der Waals surface area contributed by atoms with Crippen molar-refractivity contribution in [2.75, 3.05) is 6.61 Å². The molecule has 2 fully saturated rings. The topological polar surface area (TPSA) is 58.6 Å². The number of rotatable bonds is 4. The molecule has 3 rings (SSSR count). The maximum absolute atomic E-state index is 12.8. The van der Waals surface area contributed by atoms with Crippen molar-refractivity contribution in [3.8, 4) is 0 Å². The molecule has 1 saturated heterocycles. The van der Waals surface area contributed by atoms with Gasteiger partial charge in [0, 0.05) is 17.5 Å². The average molecular weight is 323 g/mol. The number of hydrogen-bond acceptors (Lipinski definition) is 3. The summed E-state index contributed by atoms with van der Waals surface area (Å²) in [6.45, 7) is 2.30. The van der Waals surface area contributed by atoms with Crippen LogP contribution in [0.1, 0.15) is 37.8 Å². The van der Waals surface area contributed by atoms with Crippen LogP contribution < -0.4 is 5.32 Å². The van der Waals surface area contributed by atoms with E-state index in [0.29, 0.717) is 11.4 Å². The summed E-state index contributed by atoms with van der Waals surface area (Å²) < 4.78 is 4.84. The van der Waals surface area contributed by atoms with Crippen LogP contribution in [0, 0.1) is 0 Å². The molecule has 1 saturated carbocycles. The number of benzene rings is 1. The minimum absolute atomic E-state index is 0.0263. The zero-order valence-corrected chi connectivity index (χ0v) is 13.2. The number of nitrogens with zero attached hydrogens (tertiary/aromatic N) is 1. The Kier molecular flexibility index (Phi) is 4.25. The van der Waals surface area contributed by atoms with E-state index in [-0.39, 0.29) is 24.6 Å². The minimum Gasteiger partial charge on any atom is -0.449 e. The van der Waals surface area contributed by atoms with E-state index in [2.05, 4.69) is 5.32 Å². The van der Waals surface area contributed by atoms with Gasteiger partial charge in [0.2, 0.25) is 5.91 Å². The summed E-state index contributed by atoms with van der Waals surface area (Å²) in [6.07, 6.45) is 2.03. The van der Waals surface area contributed by atoms with Gasteiger partial charge in [-0.25, -0.2) is 4.79 Å². The van der Waals surface area contributed by atoms with Crippen molar-refractivity contribution in [1.29, 1.82) is 0 Å². The Bertz CT molecular complexity index is 571. The Morgan fingerprint density at radius 1 is 1.32 bits per heavy atom. The Labute approximate surface area is 134 Å². The molecular formula is C16H19ClN2O3. The van der Waals surface area contributed by atoms with Gasteiger partial charge in [0.05, 0.1) is 12.6 Å². The molecule has 0 aromatic heterocycles. The van der Waals surface area contributed by atoms with Crippen LogP contribution in [-0.2, 0) is 9.53 Å². The molecule has 0 spiro atoms. The third-order valence-corrected chi connectivity index (χ3v) is 4.45. The van der Waals surface area contributed by atoms with Gasteiger partial charge in [0.15, 0.2) is 0 Å². The highest BCUT2D eigenvalue weighted by Crippen LogP contribution is 2.35. The first-order chi connectivity index (χ1) is 10.6. The van der Waals surface area contributed by atoms with E-state index in [1.165, 1.54) is 0 Å². The molecule has 1 aromatic carbocycles. The summed E-state index contributed by atoms with van der Waals surface area (Å²) in [4.78, 5) is 26.1. The lowest BCUT2D eigenvalue weighted by molar-refractivity contribution is -0.137. The molecule has 22 heavy (non-hydrogen) atoms. The molecule has 1 aromatic rings. The standard InChI is InChI=1S/C16H19ClN2O3/c1-10(11-2-4-12(17)5-3-11)19(13-6-7-13)15(20)14-8-9-22-16(21)18-14/h2-5,10,13-14H,6-9H2,1H3,(H,18,21)/t10?,14-/m1/s1. The number of amides is 2. The van der Waals surface area contributed by atoms with Gasteiger partial charge in [-0.2, -0.15) is 0 Å². The van der Waals surface area contributed by atoms with Crippen LogP contribution in [0.5, 0.6) is 0 Å². The first kappa shape index (κ1) is 15.2. The van der Waals surface area contributed by atoms with Gasteiger partial charge in [0.1, 0.15) is 6.04 Å². The quantitative estimate of drug-likeness (QED) is 0.927. The summed E-state index contributed by atoms with van der Waals surface area (Å²) in [7, 11) is 0. The number of cyclic esters (lactones) is 1. The molecule has 0 radical (unpaired) electrons. The SMILES string of the molecule is CC(c1ccc(Cl)cc1)N(C(=O)[C@H]1CCOC(=O)N1)C1CC1. The van der Waals surface area contributed by atoms with Crippen molar-refractivity contribution in [2.24, 2.45) is 0 Å². The van der Waals surface area contributed by atoms with Crippen molar-refractivity contribution >= 4 is 23.6 Å². The normalized spacial score (nSPS) is 22.5. The molecule has 1 heterocycles. The number of carbonyl (C=O) groups excluding carboxylic acids is 2. The molecule has 2 aliphatic rings. The first-order valence-electron chi connectivity index (χ1n) is 7.57. The zero-order valence-electron chi connectivity index (χ0n) is 12.4. The lowest BCUT2D eigenvalue weighted by Crippen LogP contribution is -2.53. The molecular weight excluding hydrogens is 304 g/mol. The van der Waals surface area contributed by atoms with Crippen LogP contribution >= 0.6 is 11.6 Å². The second-order valence-electron chi connectivity index (χ2n) is 5.83. The first-order valence-corrected chi connectivity index (χ1v) is 7.95. The zero-order chi connectivity index (χ0) is 15.7. The molecule has 6 heteroatoms. The number of alkyl carbamates (subject to hydrolysis) is 1. The van der Waals surface area contributed by atoms with Crippen LogP contribution in [0.2, 0.25) is 5.02 Å². The second kappa shape index (κ2) is 6.16. The predicted octanol–water partition coefficient (Wildman–Crippen LogP) is 2.89. The molecule has 1 N–H and O–H groups in total. The van der Waals surface area contributed by atoms with Gasteiger partial charge in [-0.1, -0.05) is 23.7 Å². The number of ether oxygens (including phenoxy) is 1. The summed E-state index contributed by atoms with van der Waals surface area (Å²) in [5, 5.41) is 3.30. The number of halogens is 1. The number of hydrogen-bond donors (Lipinski definition) is 1. The average Bonchev–Trinajstić information content (AvgIpc) is 3.32. The molecule has 2 amide bonds. The largest absolute Gasteiger partial charge is 0.449 e. The summed E-state index contributed by atoms with van der Waals surface area (Å²) in [5.74, 6) is -0.0263. The highest BCUT2D eigenvalue weighted by Gasteiger charge is 2.40. The van der Waals surface area contributed by atoms with Crippen molar-refractivity contribution in [3.05, 3.63) is 34.9 Å². The van der Waals surface area contributed by atoms with Crippen LogP contribution in [-0.4, -0.2) is 35.6 Å². The molecule has 1 aliphatic carbocycles. The number of nitrogens with one attached hydrogen (secondary N) is 1. The monoisotopic (exact) mass is 322 g/mol. The molecule has 0 bridgehead atoms. The fourth-order valence-electron chi connectivity index (χ4n) is 2.83. The van der Waals surface area contributed by atoms with E-state index in [1.54, 1.807) is 0 Å². The number of carbonyl (C=O) groups is 2. The Morgan fingerprint density at radius 2 is 2.00 bits per heavy atom. The highest BCUT2D eigenvalue weighted by atomic mass is 35.5. The molecule has 1 aliphatic heterocycles. The van der Waals surface area contributed by atoms with Gasteiger partial charge in [-0.15, -0.1) is 0 Å². The third kappa shape index (κ3) is 3.19. The van der Waals surface area contributed by atoms with Crippen molar-refractivity contribution in [3.63, 3.8) is 0 Å². The van der Waals surface area contributed by atoms with Gasteiger partial charge >= 0.3 is 6.09 Å². The summed E-state index contributed by atoms with van der Waals surface area (Å²) in [6, 6.07) is 7.28. The predicted molar refractivity (Wildman–Crippen MR) is 82.6 cm³/mol. The van der Waals surface area contributed by atoms with Crippen LogP contribution in [0.15, 0.2) is 24.3 Å². The van der Waals surface area contributed by atoms with Gasteiger partial charge in [0.25, 0.3) is 0 Å². The van der Waals surface area contributed by atoms with Crippen molar-refractivity contribution < 1.29 is 14.3 Å². The maximum atomic E-state index is 12.8. The highest BCUT2D eigenvalue weighted by molar-refractivity contribution is 6.30. The summed E-state index contributed by atoms with van der Waals surface area (Å²) >= 11 is 5.93. The molecule has 118 valence electrons. The van der Waals surface area contributed by atoms with E-state index in [9.17, 15) is 9.59 Å². The second-order valence-corrected chi connectivity index (χ2v) is 6.26.